The molecule has 4 nitrogen and oxygen atoms in total. The lowest BCUT2D eigenvalue weighted by Crippen LogP contribution is -2.41. The van der Waals surface area contributed by atoms with E-state index in [9.17, 15) is 4.79 Å². The Bertz CT molecular complexity index is 781. The second kappa shape index (κ2) is 8.64. The van der Waals surface area contributed by atoms with Gasteiger partial charge in [-0.05, 0) is 49.6 Å². The fourth-order valence-electron chi connectivity index (χ4n) is 3.75. The highest BCUT2D eigenvalue weighted by Gasteiger charge is 2.30. The van der Waals surface area contributed by atoms with Gasteiger partial charge in [-0.2, -0.15) is 5.26 Å². The zero-order chi connectivity index (χ0) is 18.4. The highest BCUT2D eigenvalue weighted by Crippen LogP contribution is 2.33. The van der Waals surface area contributed by atoms with Crippen LogP contribution in [0, 0.1) is 18.3 Å². The number of carbonyl (C=O) groups is 1. The Hall–Kier alpha value is -2.64. The predicted molar refractivity (Wildman–Crippen MR) is 104 cm³/mol. The SMILES string of the molecule is Cc1ccccc1[C@H]1CCCN1CC(=O)N(CCC#N)c1ccccc1. The summed E-state index contributed by atoms with van der Waals surface area (Å²) < 4.78 is 0. The summed E-state index contributed by atoms with van der Waals surface area (Å²) in [5, 5.41) is 8.95. The lowest BCUT2D eigenvalue weighted by atomic mass is 9.99. The minimum absolute atomic E-state index is 0.0620. The smallest absolute Gasteiger partial charge is 0.241 e. The summed E-state index contributed by atoms with van der Waals surface area (Å²) in [6.45, 7) is 3.89. The minimum atomic E-state index is 0.0620. The molecule has 0 bridgehead atoms. The molecule has 3 rings (SSSR count). The molecule has 0 aromatic heterocycles. The van der Waals surface area contributed by atoms with Gasteiger partial charge in [-0.25, -0.2) is 0 Å². The molecule has 1 aliphatic rings. The topological polar surface area (TPSA) is 47.3 Å². The maximum Gasteiger partial charge on any atom is 0.241 e. The summed E-state index contributed by atoms with van der Waals surface area (Å²) in [4.78, 5) is 17.1. The van der Waals surface area contributed by atoms with Gasteiger partial charge in [-0.15, -0.1) is 0 Å². The third-order valence-corrected chi connectivity index (χ3v) is 5.07. The Balaban J connectivity index is 1.76. The molecule has 0 saturated carbocycles. The van der Waals surface area contributed by atoms with Gasteiger partial charge in [0.1, 0.15) is 0 Å². The van der Waals surface area contributed by atoms with Gasteiger partial charge in [0.25, 0.3) is 0 Å². The van der Waals surface area contributed by atoms with Crippen LogP contribution in [0.4, 0.5) is 5.69 Å². The van der Waals surface area contributed by atoms with Crippen molar-refractivity contribution in [2.75, 3.05) is 24.5 Å². The van der Waals surface area contributed by atoms with Crippen LogP contribution >= 0.6 is 0 Å². The molecule has 0 N–H and O–H groups in total. The summed E-state index contributed by atoms with van der Waals surface area (Å²) in [6.07, 6.45) is 2.53. The van der Waals surface area contributed by atoms with Crippen molar-refractivity contribution in [1.29, 1.82) is 5.26 Å². The maximum atomic E-state index is 13.0. The van der Waals surface area contributed by atoms with Crippen LogP contribution in [-0.4, -0.2) is 30.4 Å². The standard InChI is InChI=1S/C22H25N3O/c1-18-9-5-6-12-20(18)21-13-7-15-24(21)17-22(26)25(16-8-14-23)19-10-3-2-4-11-19/h2-6,9-12,21H,7-8,13,15-17H2,1H3/t21-/m1/s1. The fourth-order valence-corrected chi connectivity index (χ4v) is 3.75. The van der Waals surface area contributed by atoms with Gasteiger partial charge in [-0.1, -0.05) is 42.5 Å². The van der Waals surface area contributed by atoms with E-state index in [4.69, 9.17) is 5.26 Å². The third kappa shape index (κ3) is 4.12. The van der Waals surface area contributed by atoms with Crippen molar-refractivity contribution in [2.24, 2.45) is 0 Å². The number of rotatable bonds is 6. The van der Waals surface area contributed by atoms with Crippen LogP contribution in [0.2, 0.25) is 0 Å². The Morgan fingerprint density at radius 2 is 1.92 bits per heavy atom. The van der Waals surface area contributed by atoms with E-state index in [1.165, 1.54) is 11.1 Å². The molecule has 0 aliphatic carbocycles. The number of para-hydroxylation sites is 1. The van der Waals surface area contributed by atoms with Crippen molar-refractivity contribution in [3.8, 4) is 6.07 Å². The van der Waals surface area contributed by atoms with E-state index in [0.717, 1.165) is 25.1 Å². The third-order valence-electron chi connectivity index (χ3n) is 5.07. The molecule has 1 atom stereocenters. The van der Waals surface area contributed by atoms with Crippen molar-refractivity contribution < 1.29 is 4.79 Å². The molecule has 0 radical (unpaired) electrons. The van der Waals surface area contributed by atoms with Crippen LogP contribution in [0.1, 0.15) is 36.4 Å². The zero-order valence-corrected chi connectivity index (χ0v) is 15.3. The molecule has 1 saturated heterocycles. The van der Waals surface area contributed by atoms with Crippen molar-refractivity contribution in [3.63, 3.8) is 0 Å². The molecule has 1 aliphatic heterocycles. The van der Waals surface area contributed by atoms with E-state index >= 15 is 0 Å². The molecule has 2 aromatic carbocycles. The van der Waals surface area contributed by atoms with Crippen LogP contribution in [0.15, 0.2) is 54.6 Å². The zero-order valence-electron chi connectivity index (χ0n) is 15.3. The van der Waals surface area contributed by atoms with E-state index in [2.05, 4.69) is 42.2 Å². The largest absolute Gasteiger partial charge is 0.310 e. The number of amides is 1. The molecule has 0 spiro atoms. The first-order valence-electron chi connectivity index (χ1n) is 9.22. The Labute approximate surface area is 155 Å². The summed E-state index contributed by atoms with van der Waals surface area (Å²) in [6, 6.07) is 20.5. The lowest BCUT2D eigenvalue weighted by Gasteiger charge is -2.29. The van der Waals surface area contributed by atoms with E-state index in [-0.39, 0.29) is 5.91 Å². The van der Waals surface area contributed by atoms with Crippen LogP contribution < -0.4 is 4.90 Å². The van der Waals surface area contributed by atoms with E-state index in [1.54, 1.807) is 4.90 Å². The Morgan fingerprint density at radius 3 is 2.65 bits per heavy atom. The second-order valence-electron chi connectivity index (χ2n) is 6.77. The Kier molecular flexibility index (Phi) is 6.04. The highest BCUT2D eigenvalue weighted by molar-refractivity contribution is 5.94. The van der Waals surface area contributed by atoms with Crippen LogP contribution in [0.3, 0.4) is 0 Å². The van der Waals surface area contributed by atoms with Crippen molar-refractivity contribution >= 4 is 11.6 Å². The van der Waals surface area contributed by atoms with E-state index in [0.29, 0.717) is 25.6 Å². The van der Waals surface area contributed by atoms with Gasteiger partial charge in [0.05, 0.1) is 19.0 Å². The molecule has 0 unspecified atom stereocenters. The second-order valence-corrected chi connectivity index (χ2v) is 6.77. The maximum absolute atomic E-state index is 13.0. The number of hydrogen-bond donors (Lipinski definition) is 0. The summed E-state index contributed by atoms with van der Waals surface area (Å²) in [7, 11) is 0. The van der Waals surface area contributed by atoms with Crippen molar-refractivity contribution in [3.05, 3.63) is 65.7 Å². The first-order valence-corrected chi connectivity index (χ1v) is 9.22. The van der Waals surface area contributed by atoms with E-state index < -0.39 is 0 Å². The number of anilines is 1. The average molecular weight is 347 g/mol. The van der Waals surface area contributed by atoms with Crippen LogP contribution in [0.25, 0.3) is 0 Å². The monoisotopic (exact) mass is 347 g/mol. The first kappa shape index (κ1) is 18.2. The number of aryl methyl sites for hydroxylation is 1. The van der Waals surface area contributed by atoms with Gasteiger partial charge in [0.15, 0.2) is 0 Å². The summed E-state index contributed by atoms with van der Waals surface area (Å²) in [5.74, 6) is 0.0620. The molecule has 134 valence electrons. The van der Waals surface area contributed by atoms with Gasteiger partial charge < -0.3 is 4.90 Å². The molecule has 4 heteroatoms. The predicted octanol–water partition coefficient (Wildman–Crippen LogP) is 4.08. The number of benzene rings is 2. The molecular formula is C22H25N3O. The highest BCUT2D eigenvalue weighted by atomic mass is 16.2. The number of hydrogen-bond acceptors (Lipinski definition) is 3. The number of carbonyl (C=O) groups excluding carboxylic acids is 1. The minimum Gasteiger partial charge on any atom is -0.310 e. The normalized spacial score (nSPS) is 17.0. The number of likely N-dealkylation sites (tertiary alicyclic amines) is 1. The summed E-state index contributed by atoms with van der Waals surface area (Å²) >= 11 is 0. The molecule has 1 heterocycles. The molecule has 1 amide bonds. The van der Waals surface area contributed by atoms with Gasteiger partial charge in [0.2, 0.25) is 5.91 Å². The molecule has 26 heavy (non-hydrogen) atoms. The summed E-state index contributed by atoms with van der Waals surface area (Å²) in [5.41, 5.74) is 3.46. The van der Waals surface area contributed by atoms with E-state index in [1.807, 2.05) is 30.3 Å². The van der Waals surface area contributed by atoms with Gasteiger partial charge in [0, 0.05) is 18.3 Å². The van der Waals surface area contributed by atoms with Gasteiger partial charge >= 0.3 is 0 Å². The molecule has 1 fully saturated rings. The number of nitrogens with zero attached hydrogens (tertiary/aromatic N) is 3. The van der Waals surface area contributed by atoms with Crippen LogP contribution in [0.5, 0.6) is 0 Å². The first-order chi connectivity index (χ1) is 12.7. The lowest BCUT2D eigenvalue weighted by molar-refractivity contribution is -0.120. The van der Waals surface area contributed by atoms with Crippen molar-refractivity contribution in [2.45, 2.75) is 32.2 Å². The fraction of sp³-hybridized carbons (Fsp3) is 0.364. The average Bonchev–Trinajstić information content (AvgIpc) is 3.11. The Morgan fingerprint density at radius 1 is 1.19 bits per heavy atom. The molecular weight excluding hydrogens is 322 g/mol. The van der Waals surface area contributed by atoms with Gasteiger partial charge in [-0.3, -0.25) is 9.69 Å². The van der Waals surface area contributed by atoms with Crippen molar-refractivity contribution in [1.82, 2.24) is 4.90 Å². The number of nitriles is 1. The van der Waals surface area contributed by atoms with Crippen LogP contribution in [-0.2, 0) is 4.79 Å². The molecule has 2 aromatic rings. The quantitative estimate of drug-likeness (QED) is 0.791.